The first-order chi connectivity index (χ1) is 5.97. The molecule has 1 unspecified atom stereocenters. The first-order valence-corrected chi connectivity index (χ1v) is 4.94. The van der Waals surface area contributed by atoms with Crippen LogP contribution >= 0.6 is 11.3 Å². The van der Waals surface area contributed by atoms with Crippen LogP contribution in [-0.2, 0) is 0 Å². The van der Waals surface area contributed by atoms with Crippen LogP contribution in [0.5, 0.6) is 0 Å². The minimum Gasteiger partial charge on any atom is -0.386 e. The van der Waals surface area contributed by atoms with Crippen LogP contribution in [0.25, 0.3) is 0 Å². The molecular formula is C10H13NOS. The zero-order valence-corrected chi connectivity index (χ0v) is 8.85. The van der Waals surface area contributed by atoms with E-state index in [1.54, 1.807) is 13.8 Å². The summed E-state index contributed by atoms with van der Waals surface area (Å²) in [6, 6.07) is 5.94. The van der Waals surface area contributed by atoms with Gasteiger partial charge in [0, 0.05) is 9.75 Å². The van der Waals surface area contributed by atoms with Crippen molar-refractivity contribution < 1.29 is 5.11 Å². The molecule has 3 heteroatoms. The van der Waals surface area contributed by atoms with Gasteiger partial charge in [-0.05, 0) is 32.9 Å². The number of nitriles is 1. The van der Waals surface area contributed by atoms with Crippen molar-refractivity contribution >= 4 is 11.3 Å². The number of hydrogen-bond donors (Lipinski definition) is 1. The monoisotopic (exact) mass is 195 g/mol. The molecule has 0 saturated heterocycles. The Labute approximate surface area is 82.4 Å². The number of hydrogen-bond acceptors (Lipinski definition) is 3. The van der Waals surface area contributed by atoms with Crippen LogP contribution in [0.2, 0.25) is 0 Å². The van der Waals surface area contributed by atoms with Crippen molar-refractivity contribution in [2.75, 3.05) is 0 Å². The highest BCUT2D eigenvalue weighted by Gasteiger charge is 2.29. The first kappa shape index (κ1) is 10.2. The maximum Gasteiger partial charge on any atom is 0.106 e. The first-order valence-electron chi connectivity index (χ1n) is 4.13. The molecule has 0 radical (unpaired) electrons. The molecule has 0 fully saturated rings. The SMILES string of the molecule is Cc1ccc(C(O)C(C)(C)C#N)s1. The Morgan fingerprint density at radius 1 is 1.54 bits per heavy atom. The van der Waals surface area contributed by atoms with Gasteiger partial charge in [-0.25, -0.2) is 0 Å². The van der Waals surface area contributed by atoms with Crippen molar-refractivity contribution in [3.63, 3.8) is 0 Å². The molecule has 0 aliphatic rings. The average Bonchev–Trinajstić information content (AvgIpc) is 2.50. The molecule has 0 aliphatic heterocycles. The normalized spacial score (nSPS) is 13.8. The van der Waals surface area contributed by atoms with Crippen LogP contribution < -0.4 is 0 Å². The predicted octanol–water partition coefficient (Wildman–Crippen LogP) is 2.64. The van der Waals surface area contributed by atoms with E-state index in [4.69, 9.17) is 5.26 Å². The van der Waals surface area contributed by atoms with Crippen LogP contribution in [0.4, 0.5) is 0 Å². The third kappa shape index (κ3) is 2.09. The molecule has 1 aromatic rings. The van der Waals surface area contributed by atoms with Crippen molar-refractivity contribution in [1.29, 1.82) is 5.26 Å². The van der Waals surface area contributed by atoms with Crippen molar-refractivity contribution in [2.45, 2.75) is 26.9 Å². The van der Waals surface area contributed by atoms with Gasteiger partial charge in [-0.2, -0.15) is 5.26 Å². The molecule has 1 aromatic heterocycles. The zero-order valence-electron chi connectivity index (χ0n) is 8.03. The van der Waals surface area contributed by atoms with Gasteiger partial charge in [0.05, 0.1) is 11.5 Å². The summed E-state index contributed by atoms with van der Waals surface area (Å²) in [7, 11) is 0. The lowest BCUT2D eigenvalue weighted by molar-refractivity contribution is 0.0901. The van der Waals surface area contributed by atoms with Crippen LogP contribution in [0.15, 0.2) is 12.1 Å². The van der Waals surface area contributed by atoms with Gasteiger partial charge < -0.3 is 5.11 Å². The Morgan fingerprint density at radius 2 is 2.15 bits per heavy atom. The van der Waals surface area contributed by atoms with Crippen LogP contribution in [0.3, 0.4) is 0 Å². The molecule has 1 N–H and O–H groups in total. The molecule has 0 spiro atoms. The average molecular weight is 195 g/mol. The minimum atomic E-state index is -0.711. The van der Waals surface area contributed by atoms with E-state index < -0.39 is 11.5 Å². The van der Waals surface area contributed by atoms with E-state index in [2.05, 4.69) is 6.07 Å². The third-order valence-corrected chi connectivity index (χ3v) is 3.06. The van der Waals surface area contributed by atoms with Crippen molar-refractivity contribution in [1.82, 2.24) is 0 Å². The molecule has 13 heavy (non-hydrogen) atoms. The molecule has 0 saturated carbocycles. The van der Waals surface area contributed by atoms with Gasteiger partial charge in [0.25, 0.3) is 0 Å². The van der Waals surface area contributed by atoms with Crippen LogP contribution in [-0.4, -0.2) is 5.11 Å². The number of aliphatic hydroxyl groups is 1. The fraction of sp³-hybridized carbons (Fsp3) is 0.500. The Kier molecular flexibility index (Phi) is 2.74. The van der Waals surface area contributed by atoms with Gasteiger partial charge in [-0.15, -0.1) is 11.3 Å². The predicted molar refractivity (Wildman–Crippen MR) is 53.4 cm³/mol. The van der Waals surface area contributed by atoms with E-state index in [1.807, 2.05) is 19.1 Å². The van der Waals surface area contributed by atoms with Gasteiger partial charge >= 0.3 is 0 Å². The van der Waals surface area contributed by atoms with Crippen molar-refractivity contribution in [3.8, 4) is 6.07 Å². The number of rotatable bonds is 2. The fourth-order valence-corrected chi connectivity index (χ4v) is 2.07. The van der Waals surface area contributed by atoms with Gasteiger partial charge in [0.15, 0.2) is 0 Å². The van der Waals surface area contributed by atoms with Crippen LogP contribution in [0, 0.1) is 23.7 Å². The summed E-state index contributed by atoms with van der Waals surface area (Å²) >= 11 is 1.54. The van der Waals surface area contributed by atoms with Gasteiger partial charge in [0.2, 0.25) is 0 Å². The van der Waals surface area contributed by atoms with Crippen LogP contribution in [0.1, 0.15) is 29.7 Å². The van der Waals surface area contributed by atoms with Gasteiger partial charge in [-0.3, -0.25) is 0 Å². The maximum atomic E-state index is 9.85. The molecule has 2 nitrogen and oxygen atoms in total. The summed E-state index contributed by atoms with van der Waals surface area (Å²) in [6.45, 7) is 5.47. The van der Waals surface area contributed by atoms with E-state index in [-0.39, 0.29) is 0 Å². The standard InChI is InChI=1S/C10H13NOS/c1-7-4-5-8(13-7)9(12)10(2,3)6-11/h4-5,9,12H,1-3H3. The maximum absolute atomic E-state index is 9.85. The Hall–Kier alpha value is -0.850. The molecule has 70 valence electrons. The number of nitrogens with zero attached hydrogens (tertiary/aromatic N) is 1. The number of aliphatic hydroxyl groups excluding tert-OH is 1. The van der Waals surface area contributed by atoms with Crippen molar-refractivity contribution in [2.24, 2.45) is 5.41 Å². The molecule has 1 atom stereocenters. The minimum absolute atomic E-state index is 0.684. The second-order valence-electron chi connectivity index (χ2n) is 3.68. The van der Waals surface area contributed by atoms with E-state index in [9.17, 15) is 5.11 Å². The Bertz CT molecular complexity index is 335. The Morgan fingerprint density at radius 3 is 2.54 bits per heavy atom. The van der Waals surface area contributed by atoms with Crippen molar-refractivity contribution in [3.05, 3.63) is 21.9 Å². The summed E-state index contributed by atoms with van der Waals surface area (Å²) < 4.78 is 0. The molecule has 0 bridgehead atoms. The van der Waals surface area contributed by atoms with Gasteiger partial charge in [-0.1, -0.05) is 0 Å². The third-order valence-electron chi connectivity index (χ3n) is 2.00. The lowest BCUT2D eigenvalue weighted by atomic mass is 9.87. The molecule has 0 aromatic carbocycles. The Balaban J connectivity index is 2.92. The highest BCUT2D eigenvalue weighted by Crippen LogP contribution is 2.35. The summed E-state index contributed by atoms with van der Waals surface area (Å²) in [5.74, 6) is 0. The lowest BCUT2D eigenvalue weighted by Gasteiger charge is -2.21. The second kappa shape index (κ2) is 3.49. The number of thiophene rings is 1. The second-order valence-corrected chi connectivity index (χ2v) is 5.00. The highest BCUT2D eigenvalue weighted by molar-refractivity contribution is 7.12. The molecule has 1 rings (SSSR count). The molecule has 1 heterocycles. The highest BCUT2D eigenvalue weighted by atomic mass is 32.1. The summed E-state index contributed by atoms with van der Waals surface area (Å²) in [5.41, 5.74) is -0.711. The van der Waals surface area contributed by atoms with E-state index in [0.717, 1.165) is 9.75 Å². The fourth-order valence-electron chi connectivity index (χ4n) is 1.02. The van der Waals surface area contributed by atoms with E-state index >= 15 is 0 Å². The molecule has 0 amide bonds. The lowest BCUT2D eigenvalue weighted by Crippen LogP contribution is -2.18. The van der Waals surface area contributed by atoms with Gasteiger partial charge in [0.1, 0.15) is 6.10 Å². The molecule has 0 aliphatic carbocycles. The largest absolute Gasteiger partial charge is 0.386 e. The summed E-state index contributed by atoms with van der Waals surface area (Å²) in [6.07, 6.45) is -0.684. The van der Waals surface area contributed by atoms with E-state index in [1.165, 1.54) is 11.3 Å². The summed E-state index contributed by atoms with van der Waals surface area (Å²) in [4.78, 5) is 2.02. The number of aryl methyl sites for hydroxylation is 1. The quantitative estimate of drug-likeness (QED) is 0.788. The summed E-state index contributed by atoms with van der Waals surface area (Å²) in [5, 5.41) is 18.7. The topological polar surface area (TPSA) is 44.0 Å². The van der Waals surface area contributed by atoms with E-state index in [0.29, 0.717) is 0 Å². The zero-order chi connectivity index (χ0) is 10.1. The smallest absolute Gasteiger partial charge is 0.106 e. The molecular weight excluding hydrogens is 182 g/mol.